The normalized spacial score (nSPS) is 11.2. The summed E-state index contributed by atoms with van der Waals surface area (Å²) in [5.74, 6) is -0.931. The van der Waals surface area contributed by atoms with Crippen molar-refractivity contribution in [1.29, 1.82) is 0 Å². The second-order valence-corrected chi connectivity index (χ2v) is 2.84. The van der Waals surface area contributed by atoms with Crippen molar-refractivity contribution in [1.82, 2.24) is 0 Å². The van der Waals surface area contributed by atoms with Crippen LogP contribution in [0.25, 0.3) is 0 Å². The summed E-state index contributed by atoms with van der Waals surface area (Å²) in [5.41, 5.74) is 0. The van der Waals surface area contributed by atoms with Crippen molar-refractivity contribution in [3.8, 4) is 0 Å². The molecule has 0 atom stereocenters. The van der Waals surface area contributed by atoms with Gasteiger partial charge < -0.3 is 0 Å². The van der Waals surface area contributed by atoms with E-state index in [9.17, 15) is 23.1 Å². The Labute approximate surface area is 51.4 Å². The van der Waals surface area contributed by atoms with Crippen molar-refractivity contribution in [2.45, 2.75) is 0 Å². The van der Waals surface area contributed by atoms with Gasteiger partial charge in [-0.2, -0.15) is 8.42 Å². The number of hydrogen-bond acceptors (Lipinski definition) is 4. The van der Waals surface area contributed by atoms with E-state index in [1.807, 2.05) is 0 Å². The maximum atomic E-state index is 9.68. The van der Waals surface area contributed by atoms with Crippen LogP contribution in [0.15, 0.2) is 0 Å². The fourth-order valence-corrected chi connectivity index (χ4v) is 0.559. The molecule has 6 nitrogen and oxygen atoms in total. The van der Waals surface area contributed by atoms with Crippen LogP contribution >= 0.6 is 0 Å². The first-order valence-electron chi connectivity index (χ1n) is 1.97. The van der Waals surface area contributed by atoms with Crippen molar-refractivity contribution < 1.29 is 17.9 Å². The molecular weight excluding hydrogens is 150 g/mol. The van der Waals surface area contributed by atoms with E-state index in [4.69, 9.17) is 0 Å². The third-order valence-corrected chi connectivity index (χ3v) is 1.21. The quantitative estimate of drug-likeness (QED) is 0.385. The molecule has 0 aliphatic carbocycles. The van der Waals surface area contributed by atoms with Crippen molar-refractivity contribution >= 4 is 10.1 Å². The van der Waals surface area contributed by atoms with Gasteiger partial charge in [0.2, 0.25) is 6.54 Å². The van der Waals surface area contributed by atoms with Gasteiger partial charge in [0.15, 0.2) is 0 Å². The third kappa shape index (κ3) is 7.31. The molecule has 0 fully saturated rings. The van der Waals surface area contributed by atoms with E-state index in [2.05, 4.69) is 0 Å². The fraction of sp³-hybridized carbons (Fsp3) is 1.00. The summed E-state index contributed by atoms with van der Waals surface area (Å²) in [6.07, 6.45) is 0. The van der Waals surface area contributed by atoms with E-state index in [0.29, 0.717) is 0 Å². The lowest BCUT2D eigenvalue weighted by atomic mass is 10.8. The standard InChI is InChI=1S/C2H4NO5S/c4-3(5)1-2-9(6,7)8/h1-2H2. The molecule has 0 unspecified atom stereocenters. The molecule has 0 heterocycles. The molecular formula is C2H4NO5S. The van der Waals surface area contributed by atoms with Gasteiger partial charge in [0.25, 0.3) is 0 Å². The van der Waals surface area contributed by atoms with Gasteiger partial charge in [-0.1, -0.05) is 4.55 Å². The zero-order valence-corrected chi connectivity index (χ0v) is 5.13. The Bertz CT molecular complexity index is 193. The highest BCUT2D eigenvalue weighted by atomic mass is 32.2. The maximum Gasteiger partial charge on any atom is 0.301 e. The summed E-state index contributed by atoms with van der Waals surface area (Å²) in [7, 11) is -4.41. The predicted molar refractivity (Wildman–Crippen MR) is 26.3 cm³/mol. The molecule has 1 radical (unpaired) electrons. The van der Waals surface area contributed by atoms with Gasteiger partial charge >= 0.3 is 10.1 Å². The Kier molecular flexibility index (Phi) is 2.53. The summed E-state index contributed by atoms with van der Waals surface area (Å²) in [6, 6.07) is 0. The number of nitrogens with zero attached hydrogens (tertiary/aromatic N) is 1. The van der Waals surface area contributed by atoms with Crippen LogP contribution in [0.1, 0.15) is 0 Å². The summed E-state index contributed by atoms with van der Waals surface area (Å²) in [5, 5.41) is 9.45. The zero-order valence-electron chi connectivity index (χ0n) is 4.31. The van der Waals surface area contributed by atoms with E-state index in [-0.39, 0.29) is 0 Å². The number of nitro groups is 1. The Morgan fingerprint density at radius 1 is 1.44 bits per heavy atom. The Morgan fingerprint density at radius 3 is 2.00 bits per heavy atom. The van der Waals surface area contributed by atoms with Gasteiger partial charge in [0.05, 0.1) is 0 Å². The molecule has 0 rings (SSSR count). The van der Waals surface area contributed by atoms with Gasteiger partial charge in [0, 0.05) is 4.92 Å². The Balaban J connectivity index is 3.67. The number of hydrogen-bond donors (Lipinski definition) is 0. The molecule has 0 aromatic rings. The van der Waals surface area contributed by atoms with E-state index < -0.39 is 27.3 Å². The van der Waals surface area contributed by atoms with Crippen LogP contribution in [0.3, 0.4) is 0 Å². The van der Waals surface area contributed by atoms with Crippen LogP contribution in [-0.4, -0.2) is 25.6 Å². The predicted octanol–water partition coefficient (Wildman–Crippen LogP) is -0.977. The lowest BCUT2D eigenvalue weighted by Crippen LogP contribution is -2.13. The lowest BCUT2D eigenvalue weighted by Gasteiger charge is -1.86. The molecule has 0 spiro atoms. The fourth-order valence-electron chi connectivity index (χ4n) is 0.186. The highest BCUT2D eigenvalue weighted by molar-refractivity contribution is 7.85. The van der Waals surface area contributed by atoms with E-state index in [1.54, 1.807) is 0 Å². The van der Waals surface area contributed by atoms with Crippen LogP contribution in [0.4, 0.5) is 0 Å². The van der Waals surface area contributed by atoms with E-state index in [1.165, 1.54) is 0 Å². The van der Waals surface area contributed by atoms with Gasteiger partial charge in [-0.3, -0.25) is 10.1 Å². The third-order valence-electron chi connectivity index (χ3n) is 0.524. The Morgan fingerprint density at radius 2 is 1.89 bits per heavy atom. The molecule has 9 heavy (non-hydrogen) atoms. The van der Waals surface area contributed by atoms with Crippen molar-refractivity contribution in [2.75, 3.05) is 12.3 Å². The average Bonchev–Trinajstić information content (AvgIpc) is 1.59. The second-order valence-electron chi connectivity index (χ2n) is 1.32. The topological polar surface area (TPSA) is 97.2 Å². The minimum Gasteiger partial charge on any atom is -0.265 e. The summed E-state index contributed by atoms with van der Waals surface area (Å²) >= 11 is 0. The Hall–Kier alpha value is -0.690. The largest absolute Gasteiger partial charge is 0.301 e. The van der Waals surface area contributed by atoms with Crippen molar-refractivity contribution in [2.24, 2.45) is 0 Å². The van der Waals surface area contributed by atoms with Crippen LogP contribution in [0.2, 0.25) is 0 Å². The summed E-state index contributed by atoms with van der Waals surface area (Å²) in [4.78, 5) is 8.60. The molecule has 0 aromatic carbocycles. The SMILES string of the molecule is [O]S(=O)(=O)CC[N+](=O)[O-]. The molecule has 0 amide bonds. The second kappa shape index (κ2) is 2.74. The molecule has 53 valence electrons. The summed E-state index contributed by atoms with van der Waals surface area (Å²) < 4.78 is 29.0. The molecule has 0 N–H and O–H groups in total. The van der Waals surface area contributed by atoms with Crippen molar-refractivity contribution in [3.63, 3.8) is 0 Å². The first-order valence-corrected chi connectivity index (χ1v) is 3.55. The van der Waals surface area contributed by atoms with Crippen LogP contribution in [-0.2, 0) is 14.7 Å². The highest BCUT2D eigenvalue weighted by Crippen LogP contribution is 1.81. The molecule has 0 aliphatic heterocycles. The van der Waals surface area contributed by atoms with Crippen LogP contribution in [0.5, 0.6) is 0 Å². The van der Waals surface area contributed by atoms with Gasteiger partial charge in [-0.15, -0.1) is 0 Å². The zero-order chi connectivity index (χ0) is 7.49. The van der Waals surface area contributed by atoms with Gasteiger partial charge in [-0.05, 0) is 0 Å². The minimum absolute atomic E-state index is 0.814. The highest BCUT2D eigenvalue weighted by Gasteiger charge is 2.10. The average molecular weight is 154 g/mol. The summed E-state index contributed by atoms with van der Waals surface area (Å²) in [6.45, 7) is -0.814. The first kappa shape index (κ1) is 8.31. The smallest absolute Gasteiger partial charge is 0.265 e. The van der Waals surface area contributed by atoms with E-state index >= 15 is 0 Å². The lowest BCUT2D eigenvalue weighted by molar-refractivity contribution is -0.474. The molecule has 0 saturated carbocycles. The molecule has 0 aromatic heterocycles. The molecule has 0 aliphatic rings. The maximum absolute atomic E-state index is 9.68. The molecule has 0 saturated heterocycles. The number of rotatable bonds is 3. The van der Waals surface area contributed by atoms with Crippen LogP contribution in [0, 0.1) is 10.1 Å². The minimum atomic E-state index is -4.41. The molecule has 0 bridgehead atoms. The van der Waals surface area contributed by atoms with Crippen LogP contribution < -0.4 is 0 Å². The van der Waals surface area contributed by atoms with Crippen molar-refractivity contribution in [3.05, 3.63) is 10.1 Å². The molecule has 7 heteroatoms. The monoisotopic (exact) mass is 154 g/mol. The van der Waals surface area contributed by atoms with Gasteiger partial charge in [-0.25, -0.2) is 0 Å². The first-order chi connectivity index (χ1) is 3.92. The van der Waals surface area contributed by atoms with E-state index in [0.717, 1.165) is 0 Å². The van der Waals surface area contributed by atoms with Gasteiger partial charge in [0.1, 0.15) is 5.75 Å².